The number of fused-ring (bicyclic) bond motifs is 1. The molecule has 0 bridgehead atoms. The van der Waals surface area contributed by atoms with E-state index in [0.29, 0.717) is 5.69 Å². The number of nitrogens with zero attached hydrogens (tertiary/aromatic N) is 1. The molecule has 1 aliphatic rings. The number of hydrogen-bond donors (Lipinski definition) is 1. The van der Waals surface area contributed by atoms with Gasteiger partial charge in [0.25, 0.3) is 0 Å². The van der Waals surface area contributed by atoms with E-state index in [1.807, 2.05) is 6.07 Å². The largest absolute Gasteiger partial charge is 0.384 e. The molecule has 14 heavy (non-hydrogen) atoms. The van der Waals surface area contributed by atoms with Gasteiger partial charge in [0.2, 0.25) is 0 Å². The lowest BCUT2D eigenvalue weighted by atomic mass is 9.99. The van der Waals surface area contributed by atoms with Crippen LogP contribution in [-0.2, 0) is 6.42 Å². The second-order valence-corrected chi connectivity index (χ2v) is 3.60. The molecule has 1 aliphatic heterocycles. The Morgan fingerprint density at radius 3 is 3.07 bits per heavy atom. The molecule has 0 saturated carbocycles. The third-order valence-electron chi connectivity index (χ3n) is 2.34. The van der Waals surface area contributed by atoms with Crippen LogP contribution in [0.4, 0.5) is 10.1 Å². The average molecular weight is 211 g/mol. The molecule has 1 aromatic carbocycles. The van der Waals surface area contributed by atoms with Crippen molar-refractivity contribution in [3.8, 4) is 6.07 Å². The van der Waals surface area contributed by atoms with Gasteiger partial charge in [0.05, 0.1) is 16.3 Å². The van der Waals surface area contributed by atoms with Crippen LogP contribution in [-0.4, -0.2) is 6.54 Å². The predicted octanol–water partition coefficient (Wildman–Crippen LogP) is 2.71. The summed E-state index contributed by atoms with van der Waals surface area (Å²) >= 11 is 5.69. The fourth-order valence-electron chi connectivity index (χ4n) is 1.67. The minimum absolute atomic E-state index is 0.0827. The molecular formula is C10H8ClFN2. The van der Waals surface area contributed by atoms with Crippen molar-refractivity contribution in [3.05, 3.63) is 28.0 Å². The molecule has 0 spiro atoms. The standard InChI is InChI=1S/C10H8ClFN2/c11-9-7(5-13)10-6(4-8(9)12)2-1-3-14-10/h4,14H,1-3H2. The van der Waals surface area contributed by atoms with Gasteiger partial charge in [0.15, 0.2) is 0 Å². The van der Waals surface area contributed by atoms with Crippen LogP contribution in [0.5, 0.6) is 0 Å². The zero-order valence-corrected chi connectivity index (χ0v) is 8.16. The smallest absolute Gasteiger partial charge is 0.143 e. The summed E-state index contributed by atoms with van der Waals surface area (Å²) in [5.41, 5.74) is 1.77. The Hall–Kier alpha value is -1.27. The number of nitrogens with one attached hydrogen (secondary N) is 1. The number of benzene rings is 1. The van der Waals surface area contributed by atoms with Gasteiger partial charge in [-0.05, 0) is 24.5 Å². The normalized spacial score (nSPS) is 14.1. The van der Waals surface area contributed by atoms with Crippen molar-refractivity contribution in [2.45, 2.75) is 12.8 Å². The van der Waals surface area contributed by atoms with E-state index < -0.39 is 5.82 Å². The van der Waals surface area contributed by atoms with E-state index in [2.05, 4.69) is 5.32 Å². The van der Waals surface area contributed by atoms with Gasteiger partial charge in [-0.1, -0.05) is 11.6 Å². The average Bonchev–Trinajstić information content (AvgIpc) is 2.20. The van der Waals surface area contributed by atoms with Crippen molar-refractivity contribution < 1.29 is 4.39 Å². The van der Waals surface area contributed by atoms with Gasteiger partial charge in [-0.15, -0.1) is 0 Å². The number of aryl methyl sites for hydroxylation is 1. The highest BCUT2D eigenvalue weighted by Crippen LogP contribution is 2.33. The minimum Gasteiger partial charge on any atom is -0.384 e. The van der Waals surface area contributed by atoms with E-state index in [1.165, 1.54) is 6.07 Å². The number of rotatable bonds is 0. The first kappa shape index (κ1) is 9.29. The highest BCUT2D eigenvalue weighted by Gasteiger charge is 2.18. The molecule has 1 aromatic rings. The zero-order chi connectivity index (χ0) is 10.1. The van der Waals surface area contributed by atoms with E-state index >= 15 is 0 Å². The second-order valence-electron chi connectivity index (χ2n) is 3.22. The molecule has 1 N–H and O–H groups in total. The Bertz CT molecular complexity index is 423. The third kappa shape index (κ3) is 1.32. The summed E-state index contributed by atoms with van der Waals surface area (Å²) in [6.07, 6.45) is 1.75. The Morgan fingerprint density at radius 2 is 2.36 bits per heavy atom. The molecule has 2 nitrogen and oxygen atoms in total. The maximum Gasteiger partial charge on any atom is 0.143 e. The predicted molar refractivity (Wildman–Crippen MR) is 52.9 cm³/mol. The van der Waals surface area contributed by atoms with Crippen molar-refractivity contribution in [2.75, 3.05) is 11.9 Å². The van der Waals surface area contributed by atoms with Gasteiger partial charge >= 0.3 is 0 Å². The van der Waals surface area contributed by atoms with Crippen molar-refractivity contribution >= 4 is 17.3 Å². The van der Waals surface area contributed by atoms with Crippen LogP contribution >= 0.6 is 11.6 Å². The molecule has 0 aromatic heterocycles. The molecule has 1 heterocycles. The molecule has 0 radical (unpaired) electrons. The van der Waals surface area contributed by atoms with Crippen LogP contribution in [0, 0.1) is 17.1 Å². The molecular weight excluding hydrogens is 203 g/mol. The maximum atomic E-state index is 13.2. The Labute approximate surface area is 86.3 Å². The minimum atomic E-state index is -0.509. The first-order chi connectivity index (χ1) is 6.74. The lowest BCUT2D eigenvalue weighted by molar-refractivity contribution is 0.623. The highest BCUT2D eigenvalue weighted by molar-refractivity contribution is 6.32. The van der Waals surface area contributed by atoms with Crippen molar-refractivity contribution in [1.82, 2.24) is 0 Å². The molecule has 0 amide bonds. The topological polar surface area (TPSA) is 35.8 Å². The molecule has 4 heteroatoms. The van der Waals surface area contributed by atoms with Crippen molar-refractivity contribution in [1.29, 1.82) is 5.26 Å². The third-order valence-corrected chi connectivity index (χ3v) is 2.71. The van der Waals surface area contributed by atoms with E-state index in [9.17, 15) is 4.39 Å². The molecule has 0 unspecified atom stereocenters. The Morgan fingerprint density at radius 1 is 1.57 bits per heavy atom. The lowest BCUT2D eigenvalue weighted by Crippen LogP contribution is -2.14. The Balaban J connectivity index is 2.67. The van der Waals surface area contributed by atoms with Crippen molar-refractivity contribution in [3.63, 3.8) is 0 Å². The summed E-state index contributed by atoms with van der Waals surface area (Å²) in [5.74, 6) is -0.509. The van der Waals surface area contributed by atoms with Crippen LogP contribution in [0.15, 0.2) is 6.07 Å². The highest BCUT2D eigenvalue weighted by atomic mass is 35.5. The summed E-state index contributed by atoms with van der Waals surface area (Å²) in [7, 11) is 0. The van der Waals surface area contributed by atoms with Crippen LogP contribution in [0.3, 0.4) is 0 Å². The van der Waals surface area contributed by atoms with Crippen LogP contribution in [0.2, 0.25) is 5.02 Å². The summed E-state index contributed by atoms with van der Waals surface area (Å²) in [6, 6.07) is 3.34. The summed E-state index contributed by atoms with van der Waals surface area (Å²) < 4.78 is 13.2. The zero-order valence-electron chi connectivity index (χ0n) is 7.40. The molecule has 0 saturated heterocycles. The monoisotopic (exact) mass is 210 g/mol. The van der Waals surface area contributed by atoms with E-state index in [-0.39, 0.29) is 10.6 Å². The number of anilines is 1. The number of nitriles is 1. The van der Waals surface area contributed by atoms with E-state index in [0.717, 1.165) is 24.9 Å². The molecule has 72 valence electrons. The molecule has 0 aliphatic carbocycles. The van der Waals surface area contributed by atoms with Gasteiger partial charge in [-0.2, -0.15) is 5.26 Å². The molecule has 0 fully saturated rings. The first-order valence-electron chi connectivity index (χ1n) is 4.39. The van der Waals surface area contributed by atoms with E-state index in [1.54, 1.807) is 0 Å². The summed E-state index contributed by atoms with van der Waals surface area (Å²) in [4.78, 5) is 0. The van der Waals surface area contributed by atoms with Crippen LogP contribution in [0.1, 0.15) is 17.5 Å². The SMILES string of the molecule is N#Cc1c(Cl)c(F)cc2c1NCCC2. The van der Waals surface area contributed by atoms with Gasteiger partial charge < -0.3 is 5.32 Å². The first-order valence-corrected chi connectivity index (χ1v) is 4.76. The fraction of sp³-hybridized carbons (Fsp3) is 0.300. The number of halogens is 2. The van der Waals surface area contributed by atoms with Gasteiger partial charge in [-0.25, -0.2) is 4.39 Å². The lowest BCUT2D eigenvalue weighted by Gasteiger charge is -2.19. The van der Waals surface area contributed by atoms with Gasteiger partial charge in [0.1, 0.15) is 11.9 Å². The molecule has 2 rings (SSSR count). The Kier molecular flexibility index (Phi) is 2.30. The number of hydrogen-bond acceptors (Lipinski definition) is 2. The quantitative estimate of drug-likeness (QED) is 0.715. The van der Waals surface area contributed by atoms with E-state index in [4.69, 9.17) is 16.9 Å². The van der Waals surface area contributed by atoms with Crippen LogP contribution in [0.25, 0.3) is 0 Å². The summed E-state index contributed by atoms with van der Waals surface area (Å²) in [5, 5.41) is 11.9. The van der Waals surface area contributed by atoms with Crippen LogP contribution < -0.4 is 5.32 Å². The summed E-state index contributed by atoms with van der Waals surface area (Å²) in [6.45, 7) is 0.809. The van der Waals surface area contributed by atoms with Crippen molar-refractivity contribution in [2.24, 2.45) is 0 Å². The van der Waals surface area contributed by atoms with Gasteiger partial charge in [0, 0.05) is 6.54 Å². The fourth-order valence-corrected chi connectivity index (χ4v) is 1.87. The maximum absolute atomic E-state index is 13.2. The van der Waals surface area contributed by atoms with Gasteiger partial charge in [-0.3, -0.25) is 0 Å². The molecule has 0 atom stereocenters. The second kappa shape index (κ2) is 3.47.